The highest BCUT2D eigenvalue weighted by molar-refractivity contribution is 7.92. The number of thiocarbonyl (C=S) groups is 1. The molecule has 0 bridgehead atoms. The number of carbonyl (C=O) groups is 1. The Morgan fingerprint density at radius 2 is 1.87 bits per heavy atom. The third-order valence-corrected chi connectivity index (χ3v) is 7.44. The van der Waals surface area contributed by atoms with Crippen molar-refractivity contribution in [1.82, 2.24) is 10.3 Å². The number of hydrogen-bond donors (Lipinski definition) is 3. The Morgan fingerprint density at radius 1 is 1.08 bits per heavy atom. The Morgan fingerprint density at radius 3 is 2.51 bits per heavy atom. The fraction of sp³-hybridized carbons (Fsp3) is 0.179. The molecule has 1 aliphatic rings. The van der Waals surface area contributed by atoms with Crippen molar-refractivity contribution in [2.45, 2.75) is 25.9 Å². The van der Waals surface area contributed by atoms with Gasteiger partial charge < -0.3 is 19.7 Å². The van der Waals surface area contributed by atoms with Crippen molar-refractivity contribution in [2.75, 3.05) is 15.9 Å². The van der Waals surface area contributed by atoms with E-state index in [1.807, 2.05) is 55.1 Å². The Hall–Kier alpha value is -4.22. The number of sulfonamides is 1. The van der Waals surface area contributed by atoms with Crippen LogP contribution in [0.15, 0.2) is 77.3 Å². The maximum atomic E-state index is 11.8. The molecule has 1 saturated heterocycles. The van der Waals surface area contributed by atoms with E-state index in [1.165, 1.54) is 0 Å². The van der Waals surface area contributed by atoms with Crippen LogP contribution in [-0.2, 0) is 10.0 Å². The summed E-state index contributed by atoms with van der Waals surface area (Å²) in [5, 5.41) is 13.2. The van der Waals surface area contributed by atoms with Crippen molar-refractivity contribution in [1.29, 1.82) is 0 Å². The lowest BCUT2D eigenvalue weighted by Crippen LogP contribution is -2.29. The minimum atomic E-state index is -3.43. The number of carboxylic acid groups (broad SMARTS) is 1. The number of furan rings is 1. The summed E-state index contributed by atoms with van der Waals surface area (Å²) in [4.78, 5) is 17.9. The summed E-state index contributed by atoms with van der Waals surface area (Å²) < 4.78 is 32.5. The van der Waals surface area contributed by atoms with Gasteiger partial charge in [0, 0.05) is 17.4 Å². The first-order valence-corrected chi connectivity index (χ1v) is 14.3. The maximum Gasteiger partial charge on any atom is 0.335 e. The molecule has 0 amide bonds. The second kappa shape index (κ2) is 10.2. The molecule has 2 aromatic heterocycles. The number of aryl methyl sites for hydroxylation is 2. The number of anilines is 2. The van der Waals surface area contributed by atoms with Crippen molar-refractivity contribution in [3.8, 4) is 11.3 Å². The van der Waals surface area contributed by atoms with Gasteiger partial charge in [0.05, 0.1) is 29.2 Å². The predicted molar refractivity (Wildman–Crippen MR) is 153 cm³/mol. The van der Waals surface area contributed by atoms with Gasteiger partial charge in [0.1, 0.15) is 17.6 Å². The van der Waals surface area contributed by atoms with Crippen LogP contribution >= 0.6 is 12.2 Å². The number of pyridine rings is 1. The fourth-order valence-corrected chi connectivity index (χ4v) is 5.74. The van der Waals surface area contributed by atoms with Crippen molar-refractivity contribution in [3.63, 3.8) is 0 Å². The van der Waals surface area contributed by atoms with E-state index in [1.54, 1.807) is 36.5 Å². The summed E-state index contributed by atoms with van der Waals surface area (Å²) >= 11 is 5.78. The number of nitrogens with one attached hydrogen (secondary N) is 2. The van der Waals surface area contributed by atoms with Crippen LogP contribution in [0.4, 0.5) is 11.4 Å². The highest BCUT2D eigenvalue weighted by atomic mass is 32.2. The smallest absolute Gasteiger partial charge is 0.335 e. The van der Waals surface area contributed by atoms with E-state index < -0.39 is 22.0 Å². The van der Waals surface area contributed by atoms with E-state index in [4.69, 9.17) is 16.6 Å². The number of rotatable bonds is 7. The van der Waals surface area contributed by atoms with Crippen molar-refractivity contribution in [3.05, 3.63) is 101 Å². The summed E-state index contributed by atoms with van der Waals surface area (Å²) in [7, 11) is -3.43. The molecule has 3 heterocycles. The second-order valence-electron chi connectivity index (χ2n) is 9.41. The van der Waals surface area contributed by atoms with Crippen LogP contribution in [0, 0.1) is 13.8 Å². The highest BCUT2D eigenvalue weighted by Gasteiger charge is 2.42. The number of aromatic carboxylic acids is 1. The zero-order valence-electron chi connectivity index (χ0n) is 21.4. The molecule has 2 aromatic carbocycles. The van der Waals surface area contributed by atoms with Crippen LogP contribution in [-0.4, -0.2) is 35.8 Å². The summed E-state index contributed by atoms with van der Waals surface area (Å²) in [5.74, 6) is 0.240. The van der Waals surface area contributed by atoms with Crippen molar-refractivity contribution >= 4 is 44.7 Å². The molecule has 0 aliphatic carbocycles. The number of hydrogen-bond acceptors (Lipinski definition) is 6. The Labute approximate surface area is 231 Å². The first-order chi connectivity index (χ1) is 18.5. The largest absolute Gasteiger partial charge is 0.478 e. The summed E-state index contributed by atoms with van der Waals surface area (Å²) in [6, 6.07) is 19.0. The van der Waals surface area contributed by atoms with E-state index in [9.17, 15) is 18.3 Å². The molecule has 200 valence electrons. The molecule has 0 radical (unpaired) electrons. The van der Waals surface area contributed by atoms with Gasteiger partial charge in [0.25, 0.3) is 0 Å². The molecule has 0 spiro atoms. The normalized spacial score (nSPS) is 17.2. The minimum absolute atomic E-state index is 0.207. The topological polar surface area (TPSA) is 125 Å². The van der Waals surface area contributed by atoms with E-state index >= 15 is 0 Å². The zero-order chi connectivity index (χ0) is 27.9. The van der Waals surface area contributed by atoms with Gasteiger partial charge in [-0.3, -0.25) is 9.71 Å². The van der Waals surface area contributed by atoms with Gasteiger partial charge in [0.2, 0.25) is 10.0 Å². The maximum absolute atomic E-state index is 11.8. The molecule has 4 aromatic rings. The van der Waals surface area contributed by atoms with Gasteiger partial charge in [-0.15, -0.1) is 0 Å². The number of benzene rings is 2. The first kappa shape index (κ1) is 26.4. The molecule has 2 unspecified atom stereocenters. The Balaban J connectivity index is 1.58. The van der Waals surface area contributed by atoms with E-state index in [2.05, 4.69) is 15.0 Å². The molecule has 9 nitrogen and oxygen atoms in total. The molecule has 5 rings (SSSR count). The van der Waals surface area contributed by atoms with Gasteiger partial charge >= 0.3 is 5.97 Å². The summed E-state index contributed by atoms with van der Waals surface area (Å²) in [5.41, 5.74) is 4.52. The van der Waals surface area contributed by atoms with E-state index in [0.717, 1.165) is 34.3 Å². The molecule has 39 heavy (non-hydrogen) atoms. The summed E-state index contributed by atoms with van der Waals surface area (Å²) in [6.07, 6.45) is 2.83. The third-order valence-electron chi connectivity index (χ3n) is 6.54. The van der Waals surface area contributed by atoms with Gasteiger partial charge in [-0.1, -0.05) is 12.1 Å². The molecule has 3 N–H and O–H groups in total. The lowest BCUT2D eigenvalue weighted by molar-refractivity contribution is 0.0696. The third kappa shape index (κ3) is 5.36. The number of carboxylic acids is 1. The van der Waals surface area contributed by atoms with E-state index in [0.29, 0.717) is 22.3 Å². The van der Waals surface area contributed by atoms with Gasteiger partial charge in [0.15, 0.2) is 5.11 Å². The first-order valence-electron chi connectivity index (χ1n) is 12.0. The number of nitrogens with zero attached hydrogens (tertiary/aromatic N) is 2. The number of aromatic nitrogens is 1. The molecule has 2 atom stereocenters. The summed E-state index contributed by atoms with van der Waals surface area (Å²) in [6.45, 7) is 3.66. The molecular formula is C28H26N4O5S2. The molecule has 1 fully saturated rings. The van der Waals surface area contributed by atoms with Gasteiger partial charge in [-0.2, -0.15) is 0 Å². The van der Waals surface area contributed by atoms with Crippen molar-refractivity contribution < 1.29 is 22.7 Å². The quantitative estimate of drug-likeness (QED) is 0.261. The molecule has 11 heteroatoms. The van der Waals surface area contributed by atoms with Crippen LogP contribution in [0.25, 0.3) is 11.3 Å². The lowest BCUT2D eigenvalue weighted by atomic mass is 10.0. The average molecular weight is 563 g/mol. The van der Waals surface area contributed by atoms with Crippen LogP contribution in [0.1, 0.15) is 45.0 Å². The monoisotopic (exact) mass is 562 g/mol. The van der Waals surface area contributed by atoms with Crippen LogP contribution in [0.3, 0.4) is 0 Å². The second-order valence-corrected chi connectivity index (χ2v) is 11.5. The SMILES string of the molecule is Cc1cc(N2C(=S)NC(c3ccccn3)C2c2ccc(-c3ccc(C(=O)O)cc3C)o2)ccc1NS(C)(=O)=O. The average Bonchev–Trinajstić information content (AvgIpc) is 3.49. The fourth-order valence-electron chi connectivity index (χ4n) is 4.76. The minimum Gasteiger partial charge on any atom is -0.478 e. The Kier molecular flexibility index (Phi) is 6.87. The van der Waals surface area contributed by atoms with Crippen LogP contribution in [0.5, 0.6) is 0 Å². The highest BCUT2D eigenvalue weighted by Crippen LogP contribution is 2.43. The van der Waals surface area contributed by atoms with Gasteiger partial charge in [-0.05, 0) is 91.8 Å². The standard InChI is InChI=1S/C28H26N4O5S2/c1-16-14-18(27(33)34)7-9-20(16)23-11-12-24(37-23)26-25(22-6-4-5-13-29-22)30-28(38)32(26)19-8-10-21(17(2)15-19)31-39(3,35)36/h4-15,25-26,31H,1-3H3,(H,30,38)(H,33,34). The van der Waals surface area contributed by atoms with E-state index in [-0.39, 0.29) is 11.6 Å². The van der Waals surface area contributed by atoms with Crippen LogP contribution < -0.4 is 14.9 Å². The Bertz CT molecular complexity index is 1690. The zero-order valence-corrected chi connectivity index (χ0v) is 23.0. The van der Waals surface area contributed by atoms with Crippen LogP contribution in [0.2, 0.25) is 0 Å². The molecule has 1 aliphatic heterocycles. The van der Waals surface area contributed by atoms with Crippen molar-refractivity contribution in [2.24, 2.45) is 0 Å². The lowest BCUT2D eigenvalue weighted by Gasteiger charge is -2.27. The predicted octanol–water partition coefficient (Wildman–Crippen LogP) is 5.21. The molecule has 0 saturated carbocycles. The molecular weight excluding hydrogens is 536 g/mol. The van der Waals surface area contributed by atoms with Gasteiger partial charge in [-0.25, -0.2) is 13.2 Å².